The molecule has 0 spiro atoms. The van der Waals surface area contributed by atoms with Crippen molar-refractivity contribution in [1.82, 2.24) is 4.90 Å². The highest BCUT2D eigenvalue weighted by atomic mass is 16.5. The second kappa shape index (κ2) is 7.20. The van der Waals surface area contributed by atoms with Gasteiger partial charge < -0.3 is 20.6 Å². The predicted octanol–water partition coefficient (Wildman–Crippen LogP) is 0.644. The van der Waals surface area contributed by atoms with Crippen molar-refractivity contribution in [2.24, 2.45) is 22.7 Å². The van der Waals surface area contributed by atoms with Crippen molar-refractivity contribution in [2.45, 2.75) is 26.2 Å². The number of amides is 1. The molecule has 0 bridgehead atoms. The number of nitrogens with zero attached hydrogens (tertiary/aromatic N) is 2. The zero-order chi connectivity index (χ0) is 13.5. The first kappa shape index (κ1) is 14.8. The summed E-state index contributed by atoms with van der Waals surface area (Å²) in [4.78, 5) is 13.6. The Morgan fingerprint density at radius 2 is 2.28 bits per heavy atom. The zero-order valence-electron chi connectivity index (χ0n) is 11.1. The highest BCUT2D eigenvalue weighted by molar-refractivity contribution is 6.01. The maximum absolute atomic E-state index is 12.0. The maximum Gasteiger partial charge on any atom is 0.233 e. The van der Waals surface area contributed by atoms with E-state index in [9.17, 15) is 4.79 Å². The van der Waals surface area contributed by atoms with Crippen LogP contribution in [0.5, 0.6) is 0 Å². The smallest absolute Gasteiger partial charge is 0.233 e. The average molecular weight is 257 g/mol. The van der Waals surface area contributed by atoms with Gasteiger partial charge in [-0.25, -0.2) is 0 Å². The van der Waals surface area contributed by atoms with Gasteiger partial charge >= 0.3 is 0 Å². The Hall–Kier alpha value is -1.30. The van der Waals surface area contributed by atoms with Crippen molar-refractivity contribution >= 4 is 11.7 Å². The van der Waals surface area contributed by atoms with Crippen LogP contribution in [0.1, 0.15) is 26.2 Å². The minimum atomic E-state index is -0.552. The summed E-state index contributed by atoms with van der Waals surface area (Å²) in [6.07, 6.45) is 3.04. The fourth-order valence-electron chi connectivity index (χ4n) is 1.69. The molecule has 1 fully saturated rings. The Kier molecular flexibility index (Phi) is 5.91. The SMILES string of the molecule is CCC(C(=O)N(C)CCOCC1CC1)C(N)=NO. The first-order valence-electron chi connectivity index (χ1n) is 6.40. The lowest BCUT2D eigenvalue weighted by Gasteiger charge is -2.22. The van der Waals surface area contributed by atoms with Crippen LogP contribution in [-0.4, -0.2) is 48.7 Å². The zero-order valence-corrected chi connectivity index (χ0v) is 11.1. The van der Waals surface area contributed by atoms with Crippen LogP contribution in [0.25, 0.3) is 0 Å². The standard InChI is InChI=1S/C12H23N3O3/c1-3-10(11(13)14-17)12(16)15(2)6-7-18-8-9-4-5-9/h9-10,17H,3-8H2,1-2H3,(H2,13,14). The number of rotatable bonds is 8. The van der Waals surface area contributed by atoms with Crippen LogP contribution in [0.4, 0.5) is 0 Å². The van der Waals surface area contributed by atoms with Gasteiger partial charge in [-0.15, -0.1) is 0 Å². The molecule has 18 heavy (non-hydrogen) atoms. The lowest BCUT2D eigenvalue weighted by atomic mass is 10.0. The summed E-state index contributed by atoms with van der Waals surface area (Å²) in [6.45, 7) is 3.68. The third kappa shape index (κ3) is 4.52. The monoisotopic (exact) mass is 257 g/mol. The number of carbonyl (C=O) groups is 1. The normalized spacial score (nSPS) is 17.6. The van der Waals surface area contributed by atoms with Gasteiger partial charge in [0.1, 0.15) is 0 Å². The van der Waals surface area contributed by atoms with E-state index in [0.717, 1.165) is 12.5 Å². The first-order chi connectivity index (χ1) is 8.60. The second-order valence-corrected chi connectivity index (χ2v) is 4.76. The van der Waals surface area contributed by atoms with Crippen molar-refractivity contribution in [2.75, 3.05) is 26.8 Å². The molecule has 0 aromatic carbocycles. The predicted molar refractivity (Wildman–Crippen MR) is 68.4 cm³/mol. The van der Waals surface area contributed by atoms with Gasteiger partial charge in [0.05, 0.1) is 12.5 Å². The number of carbonyl (C=O) groups excluding carboxylic acids is 1. The molecule has 3 N–H and O–H groups in total. The van der Waals surface area contributed by atoms with Gasteiger partial charge in [0, 0.05) is 20.2 Å². The molecule has 104 valence electrons. The highest BCUT2D eigenvalue weighted by Crippen LogP contribution is 2.28. The maximum atomic E-state index is 12.0. The number of oxime groups is 1. The number of ether oxygens (including phenoxy) is 1. The summed E-state index contributed by atoms with van der Waals surface area (Å²) in [6, 6.07) is 0. The van der Waals surface area contributed by atoms with E-state index in [0.29, 0.717) is 19.6 Å². The summed E-state index contributed by atoms with van der Waals surface area (Å²) in [5, 5.41) is 11.5. The summed E-state index contributed by atoms with van der Waals surface area (Å²) in [5.41, 5.74) is 5.49. The number of nitrogens with two attached hydrogens (primary N) is 1. The summed E-state index contributed by atoms with van der Waals surface area (Å²) >= 11 is 0. The third-order valence-electron chi connectivity index (χ3n) is 3.18. The quantitative estimate of drug-likeness (QED) is 0.220. The van der Waals surface area contributed by atoms with Crippen molar-refractivity contribution in [1.29, 1.82) is 0 Å². The van der Waals surface area contributed by atoms with Gasteiger partial charge in [-0.2, -0.15) is 0 Å². The fourth-order valence-corrected chi connectivity index (χ4v) is 1.69. The Morgan fingerprint density at radius 1 is 1.61 bits per heavy atom. The molecule has 0 saturated heterocycles. The molecule has 0 aromatic heterocycles. The Morgan fingerprint density at radius 3 is 2.78 bits per heavy atom. The van der Waals surface area contributed by atoms with E-state index in [-0.39, 0.29) is 11.7 Å². The van der Waals surface area contributed by atoms with Gasteiger partial charge in [-0.3, -0.25) is 4.79 Å². The molecule has 0 heterocycles. The molecule has 1 unspecified atom stereocenters. The van der Waals surface area contributed by atoms with Gasteiger partial charge in [0.2, 0.25) is 5.91 Å². The van der Waals surface area contributed by atoms with Gasteiger partial charge in [0.25, 0.3) is 0 Å². The van der Waals surface area contributed by atoms with Crippen LogP contribution < -0.4 is 5.73 Å². The van der Waals surface area contributed by atoms with E-state index in [2.05, 4.69) is 5.16 Å². The molecule has 1 aliphatic rings. The number of likely N-dealkylation sites (N-methyl/N-ethyl adjacent to an activating group) is 1. The molecule has 1 saturated carbocycles. The number of amidine groups is 1. The molecule has 1 amide bonds. The fraction of sp³-hybridized carbons (Fsp3) is 0.833. The molecule has 1 aliphatic carbocycles. The Bertz CT molecular complexity index is 303. The lowest BCUT2D eigenvalue weighted by Crippen LogP contribution is -2.41. The molecule has 0 aromatic rings. The van der Waals surface area contributed by atoms with E-state index in [1.807, 2.05) is 6.92 Å². The molecule has 0 aliphatic heterocycles. The second-order valence-electron chi connectivity index (χ2n) is 4.76. The minimum Gasteiger partial charge on any atom is -0.409 e. The van der Waals surface area contributed by atoms with E-state index >= 15 is 0 Å². The topological polar surface area (TPSA) is 88.2 Å². The number of hydrogen-bond donors (Lipinski definition) is 2. The average Bonchev–Trinajstić information content (AvgIpc) is 3.18. The van der Waals surface area contributed by atoms with Crippen molar-refractivity contribution in [3.05, 3.63) is 0 Å². The van der Waals surface area contributed by atoms with E-state index in [1.54, 1.807) is 11.9 Å². The lowest BCUT2D eigenvalue weighted by molar-refractivity contribution is -0.132. The van der Waals surface area contributed by atoms with Crippen LogP contribution >= 0.6 is 0 Å². The van der Waals surface area contributed by atoms with Crippen LogP contribution in [-0.2, 0) is 9.53 Å². The number of hydrogen-bond acceptors (Lipinski definition) is 4. The summed E-state index contributed by atoms with van der Waals surface area (Å²) in [5.74, 6) is 0.00562. The highest BCUT2D eigenvalue weighted by Gasteiger charge is 2.25. The van der Waals surface area contributed by atoms with Crippen LogP contribution in [0.2, 0.25) is 0 Å². The molecular weight excluding hydrogens is 234 g/mol. The van der Waals surface area contributed by atoms with Crippen LogP contribution in [0, 0.1) is 11.8 Å². The van der Waals surface area contributed by atoms with Crippen molar-refractivity contribution in [3.8, 4) is 0 Å². The molecule has 1 atom stereocenters. The first-order valence-corrected chi connectivity index (χ1v) is 6.40. The van der Waals surface area contributed by atoms with Crippen molar-refractivity contribution < 1.29 is 14.7 Å². The van der Waals surface area contributed by atoms with Crippen LogP contribution in [0.3, 0.4) is 0 Å². The summed E-state index contributed by atoms with van der Waals surface area (Å²) < 4.78 is 5.47. The molecule has 6 nitrogen and oxygen atoms in total. The summed E-state index contributed by atoms with van der Waals surface area (Å²) in [7, 11) is 1.70. The van der Waals surface area contributed by atoms with E-state index in [1.165, 1.54) is 12.8 Å². The Balaban J connectivity index is 2.28. The van der Waals surface area contributed by atoms with E-state index in [4.69, 9.17) is 15.7 Å². The minimum absolute atomic E-state index is 0.0340. The van der Waals surface area contributed by atoms with E-state index < -0.39 is 5.92 Å². The molecule has 0 radical (unpaired) electrons. The Labute approximate surface area is 108 Å². The van der Waals surface area contributed by atoms with Gasteiger partial charge in [0.15, 0.2) is 5.84 Å². The van der Waals surface area contributed by atoms with Gasteiger partial charge in [-0.05, 0) is 25.2 Å². The largest absolute Gasteiger partial charge is 0.409 e. The van der Waals surface area contributed by atoms with Gasteiger partial charge in [-0.1, -0.05) is 12.1 Å². The molecular formula is C12H23N3O3. The molecule has 6 heteroatoms. The van der Waals surface area contributed by atoms with Crippen LogP contribution in [0.15, 0.2) is 5.16 Å². The van der Waals surface area contributed by atoms with Crippen molar-refractivity contribution in [3.63, 3.8) is 0 Å². The molecule has 1 rings (SSSR count). The third-order valence-corrected chi connectivity index (χ3v) is 3.18.